The van der Waals surface area contributed by atoms with E-state index >= 15 is 0 Å². The quantitative estimate of drug-likeness (QED) is 0.0721. The number of carbonyl (C=O) groups is 4. The first-order valence-electron chi connectivity index (χ1n) is 23.1. The van der Waals surface area contributed by atoms with Gasteiger partial charge >= 0.3 is 0 Å². The van der Waals surface area contributed by atoms with Gasteiger partial charge < -0.3 is 35.9 Å². The molecule has 1 aliphatic carbocycles. The Morgan fingerprint density at radius 2 is 1.53 bits per heavy atom. The third-order valence-corrected chi connectivity index (χ3v) is 13.0. The highest BCUT2D eigenvalue weighted by molar-refractivity contribution is 6.25. The second-order valence-electron chi connectivity index (χ2n) is 17.1. The number of carbonyl (C=O) groups excluding carboxylic acids is 4. The van der Waals surface area contributed by atoms with Crippen molar-refractivity contribution in [2.45, 2.75) is 56.7 Å². The van der Waals surface area contributed by atoms with E-state index < -0.39 is 17.9 Å². The van der Waals surface area contributed by atoms with Gasteiger partial charge in [-0.1, -0.05) is 24.3 Å². The molecule has 5 N–H and O–H groups in total. The molecule has 5 aromatic rings. The highest BCUT2D eigenvalue weighted by Crippen LogP contribution is 2.38. The van der Waals surface area contributed by atoms with Gasteiger partial charge in [-0.15, -0.1) is 0 Å². The van der Waals surface area contributed by atoms with Gasteiger partial charge in [-0.3, -0.25) is 33.9 Å². The van der Waals surface area contributed by atoms with E-state index in [1.165, 1.54) is 6.33 Å². The highest BCUT2D eigenvalue weighted by atomic mass is 16.5. The van der Waals surface area contributed by atoms with Crippen LogP contribution in [0, 0.1) is 0 Å². The lowest BCUT2D eigenvalue weighted by Gasteiger charge is -2.42. The smallest absolute Gasteiger partial charge is 0.264 e. The molecule has 0 radical (unpaired) electrons. The Labute approximate surface area is 383 Å². The Balaban J connectivity index is 0.640. The fourth-order valence-electron chi connectivity index (χ4n) is 9.53. The van der Waals surface area contributed by atoms with E-state index in [4.69, 9.17) is 25.0 Å². The molecule has 1 unspecified atom stereocenters. The van der Waals surface area contributed by atoms with Gasteiger partial charge in [-0.25, -0.2) is 14.6 Å². The summed E-state index contributed by atoms with van der Waals surface area (Å²) in [5, 5.41) is 14.4. The van der Waals surface area contributed by atoms with Crippen LogP contribution in [0.3, 0.4) is 0 Å². The molecule has 2 saturated heterocycles. The summed E-state index contributed by atoms with van der Waals surface area (Å²) < 4.78 is 19.6. The molecule has 0 spiro atoms. The third-order valence-electron chi connectivity index (χ3n) is 13.0. The van der Waals surface area contributed by atoms with Crippen LogP contribution in [-0.4, -0.2) is 149 Å². The van der Waals surface area contributed by atoms with Gasteiger partial charge in [0.05, 0.1) is 55.5 Å². The highest BCUT2D eigenvalue weighted by Gasteiger charge is 2.44. The average molecular weight is 900 g/mol. The van der Waals surface area contributed by atoms with E-state index in [-0.39, 0.29) is 35.5 Å². The molecule has 1 saturated carbocycles. The standard InChI is InChI=1S/C48H57N11O7/c49-44-42-43(32-11-17-36(18-12-32)66-35-6-2-1-3-7-35)55-59(45(42)54-31-53-44)34-15-13-33(14-16-34)57-23-21-56(22-24-57)25-27-65-29-28-64-26-20-50-40(60)30-52-38-9-4-8-37-41(38)48(63)58(47(37)62)39-10-5-19-51-46(39)61/h1-4,6-9,11-12,17-18,31,33-34,39,52H,5,10,13-16,19-30H2,(H,50,60)(H,51,61)(H2,49,53,54). The monoisotopic (exact) mass is 899 g/mol. The lowest BCUT2D eigenvalue weighted by atomic mass is 9.90. The van der Waals surface area contributed by atoms with Gasteiger partial charge in [0.1, 0.15) is 35.4 Å². The van der Waals surface area contributed by atoms with Crippen molar-refractivity contribution < 1.29 is 33.4 Å². The van der Waals surface area contributed by atoms with Gasteiger partial charge in [-0.2, -0.15) is 5.10 Å². The van der Waals surface area contributed by atoms with Crippen LogP contribution in [0.4, 0.5) is 11.5 Å². The van der Waals surface area contributed by atoms with Crippen LogP contribution in [0.2, 0.25) is 0 Å². The first-order chi connectivity index (χ1) is 32.3. The van der Waals surface area contributed by atoms with Crippen molar-refractivity contribution in [3.63, 3.8) is 0 Å². The van der Waals surface area contributed by atoms with E-state index in [1.807, 2.05) is 54.6 Å². The van der Waals surface area contributed by atoms with Crippen molar-refractivity contribution in [2.24, 2.45) is 0 Å². The molecule has 18 heteroatoms. The number of piperazine rings is 1. The number of fused-ring (bicyclic) bond motifs is 2. The second-order valence-corrected chi connectivity index (χ2v) is 17.1. The zero-order chi connectivity index (χ0) is 45.4. The molecule has 3 aromatic carbocycles. The minimum Gasteiger partial charge on any atom is -0.457 e. The molecule has 3 aliphatic heterocycles. The SMILES string of the molecule is Nc1ncnc2c1c(-c1ccc(Oc3ccccc3)cc1)nn2C1CCC(N2CCN(CCOCCOCCNC(=O)CNc3cccc4c3C(=O)N(C3CCCNC3=O)C4=O)CC2)CC1. The van der Waals surface area contributed by atoms with E-state index in [0.29, 0.717) is 69.9 Å². The number of nitrogens with zero attached hydrogens (tertiary/aromatic N) is 7. The molecule has 9 rings (SSSR count). The minimum absolute atomic E-state index is 0.0958. The van der Waals surface area contributed by atoms with Gasteiger partial charge in [0.25, 0.3) is 11.8 Å². The number of benzene rings is 3. The molecule has 3 fully saturated rings. The number of nitrogen functional groups attached to an aromatic ring is 1. The maximum atomic E-state index is 13.3. The topological polar surface area (TPSA) is 211 Å². The van der Waals surface area contributed by atoms with Crippen molar-refractivity contribution in [3.8, 4) is 22.8 Å². The summed E-state index contributed by atoms with van der Waals surface area (Å²) in [6.07, 6.45) is 6.86. The van der Waals surface area contributed by atoms with Gasteiger partial charge in [0.2, 0.25) is 11.8 Å². The number of aromatic nitrogens is 4. The Bertz CT molecular complexity index is 2500. The Morgan fingerprint density at radius 1 is 0.788 bits per heavy atom. The number of hydrogen-bond donors (Lipinski definition) is 4. The van der Waals surface area contributed by atoms with Crippen molar-refractivity contribution in [1.29, 1.82) is 0 Å². The fraction of sp³-hybridized carbons (Fsp3) is 0.438. The van der Waals surface area contributed by atoms with E-state index in [1.54, 1.807) is 18.2 Å². The van der Waals surface area contributed by atoms with Gasteiger partial charge in [-0.05, 0) is 87.1 Å². The number of piperidine rings is 1. The van der Waals surface area contributed by atoms with Crippen LogP contribution in [0.25, 0.3) is 22.3 Å². The summed E-state index contributed by atoms with van der Waals surface area (Å²) >= 11 is 0. The van der Waals surface area contributed by atoms with Crippen LogP contribution in [0.15, 0.2) is 79.1 Å². The summed E-state index contributed by atoms with van der Waals surface area (Å²) in [7, 11) is 0. The minimum atomic E-state index is -0.832. The zero-order valence-corrected chi connectivity index (χ0v) is 37.0. The number of hydrogen-bond acceptors (Lipinski definition) is 14. The number of para-hydroxylation sites is 1. The lowest BCUT2D eigenvalue weighted by molar-refractivity contribution is -0.126. The number of nitrogens with two attached hydrogens (primary N) is 1. The maximum absolute atomic E-state index is 13.3. The van der Waals surface area contributed by atoms with Crippen LogP contribution >= 0.6 is 0 Å². The number of nitrogens with one attached hydrogen (secondary N) is 3. The van der Waals surface area contributed by atoms with Gasteiger partial charge in [0.15, 0.2) is 5.65 Å². The molecular formula is C48H57N11O7. The summed E-state index contributed by atoms with van der Waals surface area (Å²) in [5.41, 5.74) is 9.72. The predicted octanol–water partition coefficient (Wildman–Crippen LogP) is 4.11. The molecular weight excluding hydrogens is 843 g/mol. The third kappa shape index (κ3) is 10.0. The largest absolute Gasteiger partial charge is 0.457 e. The second kappa shape index (κ2) is 20.8. The lowest BCUT2D eigenvalue weighted by Crippen LogP contribution is -2.52. The molecule has 346 valence electrons. The Hall–Kier alpha value is -6.47. The summed E-state index contributed by atoms with van der Waals surface area (Å²) in [6, 6.07) is 22.4. The van der Waals surface area contributed by atoms with Gasteiger partial charge in [0, 0.05) is 63.1 Å². The van der Waals surface area contributed by atoms with Crippen LogP contribution in [0.1, 0.15) is 65.3 Å². The van der Waals surface area contributed by atoms with Crippen molar-refractivity contribution in [2.75, 3.05) is 89.8 Å². The number of rotatable bonds is 18. The first kappa shape index (κ1) is 44.7. The zero-order valence-electron chi connectivity index (χ0n) is 37.0. The number of ether oxygens (including phenoxy) is 3. The van der Waals surface area contributed by atoms with Crippen LogP contribution in [0.5, 0.6) is 11.5 Å². The number of amides is 4. The fourth-order valence-corrected chi connectivity index (χ4v) is 9.53. The normalized spacial score (nSPS) is 20.3. The molecule has 4 aliphatic rings. The molecule has 4 amide bonds. The summed E-state index contributed by atoms with van der Waals surface area (Å²) in [6.45, 7) is 7.52. The molecule has 66 heavy (non-hydrogen) atoms. The number of anilines is 2. The molecule has 0 bridgehead atoms. The Kier molecular flexibility index (Phi) is 14.1. The average Bonchev–Trinajstić information content (AvgIpc) is 3.86. The maximum Gasteiger partial charge on any atom is 0.264 e. The number of imide groups is 1. The predicted molar refractivity (Wildman–Crippen MR) is 247 cm³/mol. The molecule has 1 atom stereocenters. The van der Waals surface area contributed by atoms with Crippen molar-refractivity contribution >= 4 is 46.2 Å². The molecule has 2 aromatic heterocycles. The van der Waals surface area contributed by atoms with E-state index in [0.717, 1.165) is 97.1 Å². The van der Waals surface area contributed by atoms with Crippen LogP contribution < -0.4 is 26.4 Å². The van der Waals surface area contributed by atoms with Crippen LogP contribution in [-0.2, 0) is 19.1 Å². The van der Waals surface area contributed by atoms with E-state index in [2.05, 4.69) is 40.4 Å². The summed E-state index contributed by atoms with van der Waals surface area (Å²) in [4.78, 5) is 66.4. The van der Waals surface area contributed by atoms with Crippen molar-refractivity contribution in [1.82, 2.24) is 45.1 Å². The summed E-state index contributed by atoms with van der Waals surface area (Å²) in [5.74, 6) is 0.315. The molecule has 5 heterocycles. The molecule has 18 nitrogen and oxygen atoms in total. The van der Waals surface area contributed by atoms with Crippen molar-refractivity contribution in [3.05, 3.63) is 90.3 Å². The first-order valence-corrected chi connectivity index (χ1v) is 23.1. The Morgan fingerprint density at radius 3 is 2.30 bits per heavy atom. The van der Waals surface area contributed by atoms with E-state index in [9.17, 15) is 19.2 Å².